The molecule has 22 heavy (non-hydrogen) atoms. The van der Waals surface area contributed by atoms with Gasteiger partial charge in [0.15, 0.2) is 11.4 Å². The molecule has 2 aromatic rings. The summed E-state index contributed by atoms with van der Waals surface area (Å²) in [6, 6.07) is 8.76. The van der Waals surface area contributed by atoms with Gasteiger partial charge in [-0.05, 0) is 30.9 Å². The molecule has 2 atom stereocenters. The number of ether oxygens (including phenoxy) is 1. The summed E-state index contributed by atoms with van der Waals surface area (Å²) >= 11 is 0. The monoisotopic (exact) mass is 301 g/mol. The molecule has 5 heteroatoms. The fraction of sp³-hybridized carbons (Fsp3) is 0.588. The zero-order chi connectivity index (χ0) is 14.9. The molecule has 4 rings (SSSR count). The number of rotatable bonds is 3. The molecule has 0 aliphatic carbocycles. The number of hydrogen-bond acceptors (Lipinski definition) is 5. The van der Waals surface area contributed by atoms with Crippen LogP contribution in [-0.2, 0) is 4.74 Å². The minimum absolute atomic E-state index is 0.636. The Kier molecular flexibility index (Phi) is 3.76. The third-order valence-corrected chi connectivity index (χ3v) is 5.07. The summed E-state index contributed by atoms with van der Waals surface area (Å²) in [6.45, 7) is 5.24. The number of hydrogen-bond donors (Lipinski definition) is 0. The Labute approximate surface area is 130 Å². The van der Waals surface area contributed by atoms with Crippen molar-refractivity contribution >= 4 is 16.8 Å². The number of fused-ring (bicyclic) bond motifs is 2. The fourth-order valence-corrected chi connectivity index (χ4v) is 3.92. The Morgan fingerprint density at radius 1 is 1.23 bits per heavy atom. The average molecular weight is 301 g/mol. The van der Waals surface area contributed by atoms with Crippen molar-refractivity contribution in [2.45, 2.75) is 18.9 Å². The second kappa shape index (κ2) is 5.89. The highest BCUT2D eigenvalue weighted by Gasteiger charge is 2.34. The van der Waals surface area contributed by atoms with E-state index in [1.807, 2.05) is 12.1 Å². The summed E-state index contributed by atoms with van der Waals surface area (Å²) in [4.78, 5) is 5.02. The minimum Gasteiger partial charge on any atom is -0.384 e. The van der Waals surface area contributed by atoms with E-state index >= 15 is 0 Å². The van der Waals surface area contributed by atoms with Crippen molar-refractivity contribution in [3.05, 3.63) is 24.3 Å². The lowest BCUT2D eigenvalue weighted by Crippen LogP contribution is -2.57. The largest absolute Gasteiger partial charge is 0.384 e. The zero-order valence-electron chi connectivity index (χ0n) is 13.1. The normalized spacial score (nSPS) is 26.3. The maximum absolute atomic E-state index is 5.47. The van der Waals surface area contributed by atoms with Gasteiger partial charge in [-0.25, -0.2) is 0 Å². The van der Waals surface area contributed by atoms with Crippen LogP contribution in [0.3, 0.4) is 0 Å². The van der Waals surface area contributed by atoms with Crippen LogP contribution in [0.5, 0.6) is 0 Å². The number of benzene rings is 1. The van der Waals surface area contributed by atoms with Gasteiger partial charge in [0, 0.05) is 39.3 Å². The molecule has 5 nitrogen and oxygen atoms in total. The molecule has 0 radical (unpaired) electrons. The van der Waals surface area contributed by atoms with Gasteiger partial charge in [-0.3, -0.25) is 4.90 Å². The van der Waals surface area contributed by atoms with E-state index in [2.05, 4.69) is 27.1 Å². The van der Waals surface area contributed by atoms with Gasteiger partial charge in [-0.15, -0.1) is 0 Å². The number of methoxy groups -OCH3 is 1. The lowest BCUT2D eigenvalue weighted by molar-refractivity contribution is 0.0517. The number of nitrogens with zero attached hydrogens (tertiary/aromatic N) is 3. The van der Waals surface area contributed by atoms with Crippen LogP contribution in [0, 0.1) is 5.92 Å². The van der Waals surface area contributed by atoms with Gasteiger partial charge >= 0.3 is 0 Å². The first-order valence-corrected chi connectivity index (χ1v) is 8.17. The molecule has 2 aliphatic heterocycles. The van der Waals surface area contributed by atoms with Crippen molar-refractivity contribution < 1.29 is 9.26 Å². The Bertz CT molecular complexity index is 642. The van der Waals surface area contributed by atoms with Crippen LogP contribution in [0.1, 0.15) is 12.8 Å². The molecule has 0 saturated carbocycles. The molecule has 0 N–H and O–H groups in total. The first-order valence-electron chi connectivity index (χ1n) is 8.17. The summed E-state index contributed by atoms with van der Waals surface area (Å²) in [5, 5.41) is 5.44. The number of anilines is 1. The topological polar surface area (TPSA) is 41.7 Å². The van der Waals surface area contributed by atoms with Crippen molar-refractivity contribution in [2.24, 2.45) is 5.92 Å². The van der Waals surface area contributed by atoms with Crippen LogP contribution < -0.4 is 4.90 Å². The maximum Gasteiger partial charge on any atom is 0.180 e. The number of piperidine rings is 1. The first-order chi connectivity index (χ1) is 10.8. The van der Waals surface area contributed by atoms with Crippen molar-refractivity contribution in [3.63, 3.8) is 0 Å². The zero-order valence-corrected chi connectivity index (χ0v) is 13.1. The van der Waals surface area contributed by atoms with Crippen LogP contribution in [0.25, 0.3) is 11.0 Å². The van der Waals surface area contributed by atoms with Crippen molar-refractivity contribution in [1.82, 2.24) is 10.1 Å². The van der Waals surface area contributed by atoms with Gasteiger partial charge in [-0.2, -0.15) is 0 Å². The van der Waals surface area contributed by atoms with E-state index in [-0.39, 0.29) is 0 Å². The van der Waals surface area contributed by atoms with Gasteiger partial charge in [0.25, 0.3) is 0 Å². The predicted molar refractivity (Wildman–Crippen MR) is 86.2 cm³/mol. The second-order valence-corrected chi connectivity index (χ2v) is 6.50. The number of aromatic nitrogens is 1. The van der Waals surface area contributed by atoms with E-state index in [1.54, 1.807) is 7.11 Å². The van der Waals surface area contributed by atoms with E-state index in [4.69, 9.17) is 9.26 Å². The third-order valence-electron chi connectivity index (χ3n) is 5.07. The second-order valence-electron chi connectivity index (χ2n) is 6.50. The fourth-order valence-electron chi connectivity index (χ4n) is 3.92. The highest BCUT2D eigenvalue weighted by Crippen LogP contribution is 2.31. The molecular weight excluding hydrogens is 278 g/mol. The van der Waals surface area contributed by atoms with E-state index in [1.165, 1.54) is 19.4 Å². The summed E-state index contributed by atoms with van der Waals surface area (Å²) in [5.41, 5.74) is 0.878. The summed E-state index contributed by atoms with van der Waals surface area (Å²) in [5.74, 6) is 1.70. The molecule has 0 spiro atoms. The quantitative estimate of drug-likeness (QED) is 0.870. The molecule has 3 heterocycles. The van der Waals surface area contributed by atoms with Gasteiger partial charge in [0.05, 0.1) is 12.0 Å². The maximum atomic E-state index is 5.47. The molecule has 118 valence electrons. The molecule has 2 fully saturated rings. The molecule has 2 aliphatic rings. The van der Waals surface area contributed by atoms with E-state index in [9.17, 15) is 0 Å². The van der Waals surface area contributed by atoms with E-state index < -0.39 is 0 Å². The molecule has 0 amide bonds. The summed E-state index contributed by atoms with van der Waals surface area (Å²) in [6.07, 6.45) is 2.52. The third kappa shape index (κ3) is 2.48. The lowest BCUT2D eigenvalue weighted by Gasteiger charge is -2.46. The van der Waals surface area contributed by atoms with Gasteiger partial charge in [0.1, 0.15) is 0 Å². The standard InChI is InChI=1S/C17H23N3O2/c1-21-12-13-6-7-14-11-20(9-8-19(14)10-13)17-15-4-2-3-5-16(15)22-18-17/h2-5,13-14H,6-12H2,1H3. The van der Waals surface area contributed by atoms with Crippen molar-refractivity contribution in [3.8, 4) is 0 Å². The molecule has 0 bridgehead atoms. The van der Waals surface area contributed by atoms with Crippen molar-refractivity contribution in [1.29, 1.82) is 0 Å². The number of piperazine rings is 1. The summed E-state index contributed by atoms with van der Waals surface area (Å²) in [7, 11) is 1.81. The van der Waals surface area contributed by atoms with Crippen LogP contribution >= 0.6 is 0 Å². The molecule has 2 saturated heterocycles. The van der Waals surface area contributed by atoms with Crippen molar-refractivity contribution in [2.75, 3.05) is 44.8 Å². The average Bonchev–Trinajstić information content (AvgIpc) is 2.99. The smallest absolute Gasteiger partial charge is 0.180 e. The SMILES string of the molecule is COCC1CCC2CN(c3noc4ccccc34)CCN2C1. The predicted octanol–water partition coefficient (Wildman–Crippen LogP) is 2.37. The number of para-hydroxylation sites is 1. The highest BCUT2D eigenvalue weighted by molar-refractivity contribution is 5.88. The molecular formula is C17H23N3O2. The Morgan fingerprint density at radius 3 is 3.05 bits per heavy atom. The van der Waals surface area contributed by atoms with Gasteiger partial charge in [-0.1, -0.05) is 17.3 Å². The van der Waals surface area contributed by atoms with E-state index in [0.717, 1.165) is 43.0 Å². The lowest BCUT2D eigenvalue weighted by atomic mass is 9.91. The Balaban J connectivity index is 1.49. The van der Waals surface area contributed by atoms with Crippen LogP contribution in [0.15, 0.2) is 28.8 Å². The Hall–Kier alpha value is -1.59. The molecule has 1 aromatic heterocycles. The van der Waals surface area contributed by atoms with Gasteiger partial charge < -0.3 is 14.2 Å². The van der Waals surface area contributed by atoms with Gasteiger partial charge in [0.2, 0.25) is 0 Å². The molecule has 1 aromatic carbocycles. The first kappa shape index (κ1) is 14.0. The van der Waals surface area contributed by atoms with Crippen LogP contribution in [-0.4, -0.2) is 56.0 Å². The Morgan fingerprint density at radius 2 is 2.14 bits per heavy atom. The molecule has 2 unspecified atom stereocenters. The van der Waals surface area contributed by atoms with Crippen LogP contribution in [0.4, 0.5) is 5.82 Å². The van der Waals surface area contributed by atoms with Crippen LogP contribution in [0.2, 0.25) is 0 Å². The highest BCUT2D eigenvalue weighted by atomic mass is 16.5. The minimum atomic E-state index is 0.636. The van der Waals surface area contributed by atoms with E-state index in [0.29, 0.717) is 12.0 Å². The summed E-state index contributed by atoms with van der Waals surface area (Å²) < 4.78 is 10.8.